The Hall–Kier alpha value is -1.95. The van der Waals surface area contributed by atoms with E-state index >= 15 is 0 Å². The Morgan fingerprint density at radius 3 is 2.81 bits per heavy atom. The fraction of sp³-hybridized carbons (Fsp3) is 0.333. The summed E-state index contributed by atoms with van der Waals surface area (Å²) in [4.78, 5) is 25.8. The smallest absolute Gasteiger partial charge is 0.308 e. The second-order valence-electron chi connectivity index (χ2n) is 5.27. The lowest BCUT2D eigenvalue weighted by atomic mass is 10.0. The monoisotopic (exact) mass is 307 g/mol. The molecule has 1 amide bonds. The summed E-state index contributed by atoms with van der Waals surface area (Å²) in [6.45, 7) is 2.20. The predicted molar refractivity (Wildman–Crippen MR) is 78.0 cm³/mol. The van der Waals surface area contributed by atoms with Gasteiger partial charge in [-0.25, -0.2) is 4.39 Å². The summed E-state index contributed by atoms with van der Waals surface area (Å²) in [5.41, 5.74) is 0. The number of thiophene rings is 1. The second-order valence-corrected chi connectivity index (χ2v) is 6.35. The Bertz CT molecular complexity index is 727. The van der Waals surface area contributed by atoms with E-state index in [1.165, 1.54) is 23.5 Å². The quantitative estimate of drug-likeness (QED) is 0.928. The van der Waals surface area contributed by atoms with Gasteiger partial charge in [0, 0.05) is 17.3 Å². The highest BCUT2D eigenvalue weighted by Gasteiger charge is 2.38. The average Bonchev–Trinajstić information content (AvgIpc) is 3.00. The van der Waals surface area contributed by atoms with Crippen LogP contribution in [0, 0.1) is 11.7 Å². The van der Waals surface area contributed by atoms with Gasteiger partial charge in [-0.2, -0.15) is 0 Å². The molecule has 21 heavy (non-hydrogen) atoms. The first-order valence-corrected chi connectivity index (χ1v) is 7.52. The number of carbonyl (C=O) groups excluding carboxylic acids is 1. The average molecular weight is 307 g/mol. The van der Waals surface area contributed by atoms with Crippen molar-refractivity contribution in [1.29, 1.82) is 0 Å². The van der Waals surface area contributed by atoms with Crippen molar-refractivity contribution >= 4 is 33.3 Å². The van der Waals surface area contributed by atoms with Gasteiger partial charge in [0.05, 0.1) is 10.8 Å². The standard InChI is InChI=1S/C15H14FNO3S/c1-8-11(15(19)20)4-5-17(8)14(18)13-7-9-6-10(16)2-3-12(9)21-13/h2-3,6-8,11H,4-5H2,1H3,(H,19,20). The van der Waals surface area contributed by atoms with Crippen LogP contribution < -0.4 is 0 Å². The minimum Gasteiger partial charge on any atom is -0.481 e. The number of carboxylic acid groups (broad SMARTS) is 1. The number of halogens is 1. The van der Waals surface area contributed by atoms with Crippen molar-refractivity contribution in [2.24, 2.45) is 5.92 Å². The van der Waals surface area contributed by atoms with Crippen molar-refractivity contribution in [3.63, 3.8) is 0 Å². The van der Waals surface area contributed by atoms with E-state index in [0.29, 0.717) is 23.2 Å². The van der Waals surface area contributed by atoms with Gasteiger partial charge in [-0.1, -0.05) is 0 Å². The zero-order valence-electron chi connectivity index (χ0n) is 11.4. The number of likely N-dealkylation sites (tertiary alicyclic amines) is 1. The summed E-state index contributed by atoms with van der Waals surface area (Å²) in [5, 5.41) is 9.82. The summed E-state index contributed by atoms with van der Waals surface area (Å²) in [6, 6.07) is 5.77. The van der Waals surface area contributed by atoms with E-state index in [0.717, 1.165) is 4.70 Å². The summed E-state index contributed by atoms with van der Waals surface area (Å²) < 4.78 is 14.0. The topological polar surface area (TPSA) is 57.6 Å². The first-order valence-electron chi connectivity index (χ1n) is 6.70. The lowest BCUT2D eigenvalue weighted by Gasteiger charge is -2.22. The number of nitrogens with zero attached hydrogens (tertiary/aromatic N) is 1. The molecule has 0 bridgehead atoms. The molecule has 3 rings (SSSR count). The van der Waals surface area contributed by atoms with Gasteiger partial charge >= 0.3 is 5.97 Å². The van der Waals surface area contributed by atoms with Crippen LogP contribution in [0.2, 0.25) is 0 Å². The Kier molecular flexibility index (Phi) is 3.41. The predicted octanol–water partition coefficient (Wildman–Crippen LogP) is 2.98. The lowest BCUT2D eigenvalue weighted by molar-refractivity contribution is -0.142. The van der Waals surface area contributed by atoms with Crippen molar-refractivity contribution < 1.29 is 19.1 Å². The third kappa shape index (κ3) is 2.40. The van der Waals surface area contributed by atoms with Crippen LogP contribution in [-0.4, -0.2) is 34.5 Å². The van der Waals surface area contributed by atoms with Crippen molar-refractivity contribution in [2.45, 2.75) is 19.4 Å². The highest BCUT2D eigenvalue weighted by Crippen LogP contribution is 2.31. The van der Waals surface area contributed by atoms with Crippen molar-refractivity contribution in [2.75, 3.05) is 6.54 Å². The summed E-state index contributed by atoms with van der Waals surface area (Å²) in [6.07, 6.45) is 0.474. The Morgan fingerprint density at radius 1 is 1.38 bits per heavy atom. The number of hydrogen-bond donors (Lipinski definition) is 1. The summed E-state index contributed by atoms with van der Waals surface area (Å²) in [5.74, 6) is -1.88. The molecule has 6 heteroatoms. The maximum absolute atomic E-state index is 13.2. The highest BCUT2D eigenvalue weighted by atomic mass is 32.1. The van der Waals surface area contributed by atoms with E-state index < -0.39 is 11.9 Å². The number of carboxylic acids is 1. The Balaban J connectivity index is 1.89. The van der Waals surface area contributed by atoms with Gasteiger partial charge in [-0.15, -0.1) is 11.3 Å². The molecule has 1 aromatic heterocycles. The van der Waals surface area contributed by atoms with Gasteiger partial charge in [-0.3, -0.25) is 9.59 Å². The van der Waals surface area contributed by atoms with E-state index in [2.05, 4.69) is 0 Å². The number of fused-ring (bicyclic) bond motifs is 1. The number of carbonyl (C=O) groups is 2. The maximum atomic E-state index is 13.2. The number of benzene rings is 1. The molecule has 1 N–H and O–H groups in total. The second kappa shape index (κ2) is 5.11. The minimum absolute atomic E-state index is 0.173. The molecular weight excluding hydrogens is 293 g/mol. The van der Waals surface area contributed by atoms with Gasteiger partial charge < -0.3 is 10.0 Å². The molecule has 1 aromatic carbocycles. The van der Waals surface area contributed by atoms with Crippen molar-refractivity contribution in [3.05, 3.63) is 35.0 Å². The van der Waals surface area contributed by atoms with Crippen LogP contribution in [0.4, 0.5) is 4.39 Å². The molecule has 2 atom stereocenters. The van der Waals surface area contributed by atoms with Crippen molar-refractivity contribution in [1.82, 2.24) is 4.90 Å². The normalized spacial score (nSPS) is 21.9. The molecule has 2 aromatic rings. The number of rotatable bonds is 2. The number of aliphatic carboxylic acids is 1. The van der Waals surface area contributed by atoms with Gasteiger partial charge in [0.25, 0.3) is 5.91 Å². The summed E-state index contributed by atoms with van der Waals surface area (Å²) in [7, 11) is 0. The molecule has 1 aliphatic rings. The molecular formula is C15H14FNO3S. The van der Waals surface area contributed by atoms with Gasteiger partial charge in [-0.05, 0) is 43.0 Å². The van der Waals surface area contributed by atoms with Gasteiger partial charge in [0.2, 0.25) is 0 Å². The zero-order chi connectivity index (χ0) is 15.1. The van der Waals surface area contributed by atoms with Crippen LogP contribution in [0.15, 0.2) is 24.3 Å². The minimum atomic E-state index is -0.865. The van der Waals surface area contributed by atoms with Crippen LogP contribution in [0.25, 0.3) is 10.1 Å². The molecule has 4 nitrogen and oxygen atoms in total. The highest BCUT2D eigenvalue weighted by molar-refractivity contribution is 7.20. The molecule has 1 saturated heterocycles. The van der Waals surface area contributed by atoms with Gasteiger partial charge in [0.15, 0.2) is 0 Å². The number of amides is 1. The van der Waals surface area contributed by atoms with Crippen molar-refractivity contribution in [3.8, 4) is 0 Å². The third-order valence-corrected chi connectivity index (χ3v) is 5.13. The maximum Gasteiger partial charge on any atom is 0.308 e. The van der Waals surface area contributed by atoms with E-state index in [-0.39, 0.29) is 17.8 Å². The third-order valence-electron chi connectivity index (χ3n) is 4.02. The van der Waals surface area contributed by atoms with E-state index in [1.54, 1.807) is 24.0 Å². The molecule has 2 heterocycles. The molecule has 2 unspecified atom stereocenters. The van der Waals surface area contributed by atoms with Crippen LogP contribution >= 0.6 is 11.3 Å². The molecule has 0 saturated carbocycles. The molecule has 1 fully saturated rings. The molecule has 0 radical (unpaired) electrons. The first-order chi connectivity index (χ1) is 9.97. The Morgan fingerprint density at radius 2 is 2.14 bits per heavy atom. The zero-order valence-corrected chi connectivity index (χ0v) is 12.2. The molecule has 0 spiro atoms. The van der Waals surface area contributed by atoms with Crippen LogP contribution in [0.1, 0.15) is 23.0 Å². The summed E-state index contributed by atoms with van der Waals surface area (Å²) >= 11 is 1.31. The van der Waals surface area contributed by atoms with Crippen LogP contribution in [-0.2, 0) is 4.79 Å². The molecule has 110 valence electrons. The molecule has 1 aliphatic heterocycles. The largest absolute Gasteiger partial charge is 0.481 e. The molecule has 0 aliphatic carbocycles. The van der Waals surface area contributed by atoms with E-state index in [4.69, 9.17) is 5.11 Å². The van der Waals surface area contributed by atoms with Crippen LogP contribution in [0.3, 0.4) is 0 Å². The fourth-order valence-corrected chi connectivity index (χ4v) is 3.82. The van der Waals surface area contributed by atoms with E-state index in [9.17, 15) is 14.0 Å². The number of hydrogen-bond acceptors (Lipinski definition) is 3. The van der Waals surface area contributed by atoms with Gasteiger partial charge in [0.1, 0.15) is 5.82 Å². The lowest BCUT2D eigenvalue weighted by Crippen LogP contribution is -2.37. The SMILES string of the molecule is CC1C(C(=O)O)CCN1C(=O)c1cc2cc(F)ccc2s1. The fourth-order valence-electron chi connectivity index (χ4n) is 2.82. The van der Waals surface area contributed by atoms with E-state index in [1.807, 2.05) is 0 Å². The first kappa shape index (κ1) is 14.0. The Labute approximate surface area is 124 Å². The van der Waals surface area contributed by atoms with Crippen LogP contribution in [0.5, 0.6) is 0 Å².